The first-order valence-corrected chi connectivity index (χ1v) is 8.10. The number of benzene rings is 2. The van der Waals surface area contributed by atoms with Crippen molar-refractivity contribution in [2.75, 3.05) is 0 Å². The van der Waals surface area contributed by atoms with E-state index in [9.17, 15) is 18.4 Å². The summed E-state index contributed by atoms with van der Waals surface area (Å²) >= 11 is 0. The van der Waals surface area contributed by atoms with Crippen LogP contribution in [-0.2, 0) is 4.74 Å². The van der Waals surface area contributed by atoms with Crippen LogP contribution < -0.4 is 4.74 Å². The second kappa shape index (κ2) is 7.90. The average Bonchev–Trinajstić information content (AvgIpc) is 2.67. The number of carbonyl (C=O) groups excluding carboxylic acids is 2. The summed E-state index contributed by atoms with van der Waals surface area (Å²) < 4.78 is 33.7. The van der Waals surface area contributed by atoms with Gasteiger partial charge < -0.3 is 9.47 Å². The Hall–Kier alpha value is -3.35. The van der Waals surface area contributed by atoms with Crippen molar-refractivity contribution in [3.8, 4) is 5.75 Å². The van der Waals surface area contributed by atoms with Crippen molar-refractivity contribution >= 4 is 22.7 Å². The summed E-state index contributed by atoms with van der Waals surface area (Å²) in [6.07, 6.45) is -1.06. The van der Waals surface area contributed by atoms with E-state index in [0.29, 0.717) is 5.52 Å². The Bertz CT molecular complexity index is 973. The van der Waals surface area contributed by atoms with E-state index >= 15 is 0 Å². The molecule has 0 spiro atoms. The normalized spacial score (nSPS) is 12.0. The van der Waals surface area contributed by atoms with Crippen molar-refractivity contribution in [1.29, 1.82) is 0 Å². The highest BCUT2D eigenvalue weighted by atomic mass is 19.3. The lowest BCUT2D eigenvalue weighted by molar-refractivity contribution is -0.0498. The molecule has 27 heavy (non-hydrogen) atoms. The summed E-state index contributed by atoms with van der Waals surface area (Å²) in [7, 11) is 0. The van der Waals surface area contributed by atoms with Gasteiger partial charge in [0.2, 0.25) is 5.78 Å². The Labute approximate surface area is 153 Å². The smallest absolute Gasteiger partial charge is 0.387 e. The van der Waals surface area contributed by atoms with Gasteiger partial charge in [-0.05, 0) is 43.3 Å². The molecule has 0 N–H and O–H groups in total. The van der Waals surface area contributed by atoms with Crippen LogP contribution in [0.15, 0.2) is 60.7 Å². The summed E-state index contributed by atoms with van der Waals surface area (Å²) in [6, 6.07) is 15.7. The van der Waals surface area contributed by atoms with Crippen LogP contribution in [0.1, 0.15) is 27.8 Å². The van der Waals surface area contributed by atoms with Gasteiger partial charge in [0.15, 0.2) is 6.10 Å². The van der Waals surface area contributed by atoms with E-state index in [-0.39, 0.29) is 17.0 Å². The fourth-order valence-corrected chi connectivity index (χ4v) is 2.49. The van der Waals surface area contributed by atoms with E-state index in [1.807, 2.05) is 12.1 Å². The Kier molecular flexibility index (Phi) is 5.40. The monoisotopic (exact) mass is 371 g/mol. The molecule has 0 saturated carbocycles. The highest BCUT2D eigenvalue weighted by Gasteiger charge is 2.21. The molecule has 0 aliphatic rings. The third kappa shape index (κ3) is 4.44. The van der Waals surface area contributed by atoms with Gasteiger partial charge in [-0.2, -0.15) is 8.78 Å². The minimum atomic E-state index is -2.94. The van der Waals surface area contributed by atoms with Crippen molar-refractivity contribution in [3.63, 3.8) is 0 Å². The van der Waals surface area contributed by atoms with E-state index in [4.69, 9.17) is 4.74 Å². The number of alkyl halides is 2. The van der Waals surface area contributed by atoms with Gasteiger partial charge in [0.05, 0.1) is 5.52 Å². The average molecular weight is 371 g/mol. The summed E-state index contributed by atoms with van der Waals surface area (Å²) in [5, 5.41) is 0.879. The molecule has 0 aliphatic carbocycles. The summed E-state index contributed by atoms with van der Waals surface area (Å²) in [5.74, 6) is -1.25. The molecule has 5 nitrogen and oxygen atoms in total. The van der Waals surface area contributed by atoms with Crippen LogP contribution in [0.3, 0.4) is 0 Å². The van der Waals surface area contributed by atoms with Gasteiger partial charge in [0.1, 0.15) is 11.4 Å². The second-order valence-corrected chi connectivity index (χ2v) is 5.70. The largest absolute Gasteiger partial charge is 0.450 e. The molecular weight excluding hydrogens is 356 g/mol. The summed E-state index contributed by atoms with van der Waals surface area (Å²) in [6.45, 7) is -1.51. The van der Waals surface area contributed by atoms with Crippen molar-refractivity contribution in [1.82, 2.24) is 4.98 Å². The number of ketones is 1. The molecule has 0 saturated heterocycles. The molecule has 0 radical (unpaired) electrons. The van der Waals surface area contributed by atoms with E-state index in [1.54, 1.807) is 18.2 Å². The first-order chi connectivity index (χ1) is 12.9. The van der Waals surface area contributed by atoms with E-state index in [2.05, 4.69) is 9.72 Å². The van der Waals surface area contributed by atoms with Crippen LogP contribution in [0.4, 0.5) is 8.78 Å². The summed E-state index contributed by atoms with van der Waals surface area (Å²) in [5.41, 5.74) is 0.943. The molecule has 0 amide bonds. The number of halogens is 2. The zero-order valence-corrected chi connectivity index (χ0v) is 14.3. The number of fused-ring (bicyclic) bond motifs is 1. The van der Waals surface area contributed by atoms with Crippen LogP contribution in [0.5, 0.6) is 5.75 Å². The third-order valence-corrected chi connectivity index (χ3v) is 3.82. The Morgan fingerprint density at radius 1 is 0.963 bits per heavy atom. The minimum Gasteiger partial charge on any atom is -0.450 e. The van der Waals surface area contributed by atoms with Crippen molar-refractivity contribution < 1.29 is 27.8 Å². The van der Waals surface area contributed by atoms with Gasteiger partial charge >= 0.3 is 12.6 Å². The number of para-hydroxylation sites is 1. The Morgan fingerprint density at radius 2 is 1.67 bits per heavy atom. The molecule has 0 fully saturated rings. The van der Waals surface area contributed by atoms with E-state index < -0.39 is 24.5 Å². The topological polar surface area (TPSA) is 65.5 Å². The number of hydrogen-bond donors (Lipinski definition) is 0. The third-order valence-electron chi connectivity index (χ3n) is 3.82. The van der Waals surface area contributed by atoms with Gasteiger partial charge in [0.25, 0.3) is 0 Å². The predicted molar refractivity (Wildman–Crippen MR) is 94.0 cm³/mol. The molecular formula is C20H15F2NO4. The standard InChI is InChI=1S/C20H15F2NO4/c1-12(18(24)14-6-9-15(10-7-14)27-20(21)22)26-19(25)17-11-8-13-4-2-3-5-16(13)23-17/h2-12,20H,1H3/t12-/m1/s1. The predicted octanol–water partition coefficient (Wildman–Crippen LogP) is 4.26. The number of pyridine rings is 1. The first-order valence-electron chi connectivity index (χ1n) is 8.10. The zero-order chi connectivity index (χ0) is 19.4. The molecule has 0 bridgehead atoms. The fourth-order valence-electron chi connectivity index (χ4n) is 2.49. The number of nitrogens with zero attached hydrogens (tertiary/aromatic N) is 1. The molecule has 1 atom stereocenters. The van der Waals surface area contributed by atoms with Crippen molar-refractivity contribution in [2.45, 2.75) is 19.6 Å². The molecule has 0 unspecified atom stereocenters. The zero-order valence-electron chi connectivity index (χ0n) is 14.3. The first kappa shape index (κ1) is 18.4. The number of Topliss-reactive ketones (excluding diaryl/α,β-unsaturated/α-hetero) is 1. The highest BCUT2D eigenvalue weighted by Crippen LogP contribution is 2.17. The fraction of sp³-hybridized carbons (Fsp3) is 0.150. The van der Waals surface area contributed by atoms with Gasteiger partial charge in [-0.15, -0.1) is 0 Å². The van der Waals surface area contributed by atoms with Crippen molar-refractivity contribution in [3.05, 3.63) is 71.9 Å². The number of carbonyl (C=O) groups is 2. The Morgan fingerprint density at radius 3 is 2.37 bits per heavy atom. The maximum absolute atomic E-state index is 12.4. The van der Waals surface area contributed by atoms with E-state index in [0.717, 1.165) is 5.39 Å². The lowest BCUT2D eigenvalue weighted by atomic mass is 10.1. The van der Waals surface area contributed by atoms with Gasteiger partial charge in [-0.1, -0.05) is 24.3 Å². The lowest BCUT2D eigenvalue weighted by Crippen LogP contribution is -2.24. The van der Waals surface area contributed by atoms with Crippen molar-refractivity contribution in [2.24, 2.45) is 0 Å². The molecule has 3 aromatic rings. The highest BCUT2D eigenvalue weighted by molar-refractivity contribution is 6.01. The molecule has 1 aromatic heterocycles. The van der Waals surface area contributed by atoms with Gasteiger partial charge in [-0.25, -0.2) is 9.78 Å². The number of ether oxygens (including phenoxy) is 2. The van der Waals surface area contributed by atoms with Crippen LogP contribution in [0, 0.1) is 0 Å². The van der Waals surface area contributed by atoms with Crippen LogP contribution >= 0.6 is 0 Å². The maximum Gasteiger partial charge on any atom is 0.387 e. The minimum absolute atomic E-state index is 0.0634. The van der Waals surface area contributed by atoms with Gasteiger partial charge in [0, 0.05) is 10.9 Å². The van der Waals surface area contributed by atoms with Crippen LogP contribution in [0.2, 0.25) is 0 Å². The molecule has 3 rings (SSSR count). The number of aromatic nitrogens is 1. The van der Waals surface area contributed by atoms with Crippen LogP contribution in [-0.4, -0.2) is 29.5 Å². The maximum atomic E-state index is 12.4. The second-order valence-electron chi connectivity index (χ2n) is 5.70. The summed E-state index contributed by atoms with van der Waals surface area (Å²) in [4.78, 5) is 28.9. The quantitative estimate of drug-likeness (QED) is 0.478. The molecule has 1 heterocycles. The van der Waals surface area contributed by atoms with E-state index in [1.165, 1.54) is 37.3 Å². The van der Waals surface area contributed by atoms with Crippen LogP contribution in [0.25, 0.3) is 10.9 Å². The molecule has 7 heteroatoms. The Balaban J connectivity index is 1.68. The number of rotatable bonds is 6. The lowest BCUT2D eigenvalue weighted by Gasteiger charge is -2.13. The van der Waals surface area contributed by atoms with Gasteiger partial charge in [-0.3, -0.25) is 4.79 Å². The number of esters is 1. The molecule has 0 aliphatic heterocycles. The SMILES string of the molecule is C[C@@H](OC(=O)c1ccc2ccccc2n1)C(=O)c1ccc(OC(F)F)cc1. The molecule has 138 valence electrons. The molecule has 2 aromatic carbocycles. The number of hydrogen-bond acceptors (Lipinski definition) is 5.